The van der Waals surface area contributed by atoms with Gasteiger partial charge in [-0.15, -0.1) is 24.0 Å². The number of methoxy groups -OCH3 is 1. The molecule has 1 aliphatic heterocycles. The number of benzene rings is 1. The second-order valence-electron chi connectivity index (χ2n) is 6.72. The Kier molecular flexibility index (Phi) is 8.12. The summed E-state index contributed by atoms with van der Waals surface area (Å²) in [5.41, 5.74) is 7.25. The van der Waals surface area contributed by atoms with E-state index < -0.39 is 0 Å². The van der Waals surface area contributed by atoms with Crippen molar-refractivity contribution in [2.45, 2.75) is 57.6 Å². The van der Waals surface area contributed by atoms with Crippen molar-refractivity contribution >= 4 is 29.9 Å². The lowest BCUT2D eigenvalue weighted by molar-refractivity contribution is 0.207. The standard InChI is InChI=1S/C19H29N3O2.HI/c1-23-17-10-9-15(18(13-17)24-16-7-3-4-8-16)14-21-19(20)22-11-5-2-6-12-22;/h9-10,13,16H,2-8,11-12,14H2,1H3,(H2,20,21);1H. The first-order valence-corrected chi connectivity index (χ1v) is 9.14. The quantitative estimate of drug-likeness (QED) is 0.412. The highest BCUT2D eigenvalue weighted by Gasteiger charge is 2.19. The van der Waals surface area contributed by atoms with Gasteiger partial charge in [-0.25, -0.2) is 4.99 Å². The van der Waals surface area contributed by atoms with E-state index in [0.29, 0.717) is 18.6 Å². The lowest BCUT2D eigenvalue weighted by Crippen LogP contribution is -2.40. The van der Waals surface area contributed by atoms with Crippen LogP contribution in [0.3, 0.4) is 0 Å². The van der Waals surface area contributed by atoms with Gasteiger partial charge in [-0.2, -0.15) is 0 Å². The molecular formula is C19H30IN3O2. The Labute approximate surface area is 168 Å². The zero-order valence-corrected chi connectivity index (χ0v) is 17.4. The average molecular weight is 459 g/mol. The second-order valence-corrected chi connectivity index (χ2v) is 6.72. The first-order chi connectivity index (χ1) is 11.8. The number of likely N-dealkylation sites (tertiary alicyclic amines) is 1. The van der Waals surface area contributed by atoms with Gasteiger partial charge in [0.15, 0.2) is 5.96 Å². The third-order valence-corrected chi connectivity index (χ3v) is 4.96. The van der Waals surface area contributed by atoms with Crippen molar-refractivity contribution in [2.24, 2.45) is 10.7 Å². The molecule has 0 atom stereocenters. The van der Waals surface area contributed by atoms with Crippen molar-refractivity contribution in [3.63, 3.8) is 0 Å². The highest BCUT2D eigenvalue weighted by molar-refractivity contribution is 14.0. The third-order valence-electron chi connectivity index (χ3n) is 4.96. The van der Waals surface area contributed by atoms with E-state index in [1.807, 2.05) is 18.2 Å². The molecule has 140 valence electrons. The van der Waals surface area contributed by atoms with Crippen molar-refractivity contribution in [2.75, 3.05) is 20.2 Å². The van der Waals surface area contributed by atoms with Crippen molar-refractivity contribution in [3.05, 3.63) is 23.8 Å². The molecule has 25 heavy (non-hydrogen) atoms. The molecule has 6 heteroatoms. The molecule has 1 heterocycles. The van der Waals surface area contributed by atoms with Gasteiger partial charge in [-0.05, 0) is 57.1 Å². The van der Waals surface area contributed by atoms with E-state index in [1.165, 1.54) is 32.1 Å². The molecule has 1 saturated carbocycles. The lowest BCUT2D eigenvalue weighted by Gasteiger charge is -2.27. The molecule has 0 bridgehead atoms. The molecule has 2 N–H and O–H groups in total. The zero-order chi connectivity index (χ0) is 16.8. The molecule has 0 unspecified atom stereocenters. The van der Waals surface area contributed by atoms with E-state index >= 15 is 0 Å². The molecule has 0 spiro atoms. The Bertz CT molecular complexity index is 568. The fourth-order valence-corrected chi connectivity index (χ4v) is 3.48. The summed E-state index contributed by atoms with van der Waals surface area (Å²) in [5, 5.41) is 0. The number of ether oxygens (including phenoxy) is 2. The molecule has 0 amide bonds. The molecule has 3 rings (SSSR count). The fourth-order valence-electron chi connectivity index (χ4n) is 3.48. The number of rotatable bonds is 5. The molecule has 2 aliphatic rings. The molecule has 1 aliphatic carbocycles. The van der Waals surface area contributed by atoms with Crippen LogP contribution in [0.4, 0.5) is 0 Å². The van der Waals surface area contributed by atoms with E-state index in [1.54, 1.807) is 7.11 Å². The molecule has 0 aromatic heterocycles. The number of guanidine groups is 1. The number of piperidine rings is 1. The maximum absolute atomic E-state index is 6.22. The van der Waals surface area contributed by atoms with Crippen LogP contribution in [-0.2, 0) is 6.54 Å². The summed E-state index contributed by atoms with van der Waals surface area (Å²) in [6.45, 7) is 2.58. The Morgan fingerprint density at radius 3 is 2.56 bits per heavy atom. The number of hydrogen-bond donors (Lipinski definition) is 1. The summed E-state index contributed by atoms with van der Waals surface area (Å²) in [5.74, 6) is 2.36. The van der Waals surface area contributed by atoms with Gasteiger partial charge in [0.1, 0.15) is 11.5 Å². The van der Waals surface area contributed by atoms with Gasteiger partial charge >= 0.3 is 0 Å². The minimum atomic E-state index is 0. The van der Waals surface area contributed by atoms with Crippen LogP contribution in [-0.4, -0.2) is 37.2 Å². The van der Waals surface area contributed by atoms with Gasteiger partial charge < -0.3 is 20.1 Å². The Morgan fingerprint density at radius 1 is 1.16 bits per heavy atom. The highest BCUT2D eigenvalue weighted by atomic mass is 127. The van der Waals surface area contributed by atoms with Crippen LogP contribution in [0.25, 0.3) is 0 Å². The second kappa shape index (κ2) is 10.1. The van der Waals surface area contributed by atoms with E-state index in [2.05, 4.69) is 9.89 Å². The van der Waals surface area contributed by atoms with Crippen LogP contribution in [0.15, 0.2) is 23.2 Å². The van der Waals surface area contributed by atoms with Crippen LogP contribution in [0.1, 0.15) is 50.5 Å². The monoisotopic (exact) mass is 459 g/mol. The van der Waals surface area contributed by atoms with E-state index in [4.69, 9.17) is 15.2 Å². The smallest absolute Gasteiger partial charge is 0.191 e. The SMILES string of the molecule is COc1ccc(CN=C(N)N2CCCCC2)c(OC2CCCC2)c1.I. The third kappa shape index (κ3) is 5.66. The fraction of sp³-hybridized carbons (Fsp3) is 0.632. The van der Waals surface area contributed by atoms with Gasteiger partial charge in [-0.3, -0.25) is 0 Å². The Hall–Kier alpha value is -1.18. The van der Waals surface area contributed by atoms with Crippen LogP contribution >= 0.6 is 24.0 Å². The van der Waals surface area contributed by atoms with Gasteiger partial charge in [-0.1, -0.05) is 0 Å². The molecule has 2 fully saturated rings. The van der Waals surface area contributed by atoms with Gasteiger partial charge in [0, 0.05) is 24.7 Å². The Balaban J connectivity index is 0.00000225. The average Bonchev–Trinajstić information content (AvgIpc) is 3.14. The van der Waals surface area contributed by atoms with E-state index in [0.717, 1.165) is 43.0 Å². The summed E-state index contributed by atoms with van der Waals surface area (Å²) < 4.78 is 11.6. The topological polar surface area (TPSA) is 60.1 Å². The maximum atomic E-state index is 6.22. The number of aliphatic imine (C=N–C) groups is 1. The lowest BCUT2D eigenvalue weighted by atomic mass is 10.1. The maximum Gasteiger partial charge on any atom is 0.191 e. The largest absolute Gasteiger partial charge is 0.497 e. The number of nitrogens with two attached hydrogens (primary N) is 1. The molecular weight excluding hydrogens is 429 g/mol. The van der Waals surface area contributed by atoms with E-state index in [9.17, 15) is 0 Å². The van der Waals surface area contributed by atoms with Crippen LogP contribution in [0.5, 0.6) is 11.5 Å². The molecule has 0 radical (unpaired) electrons. The first-order valence-electron chi connectivity index (χ1n) is 9.14. The summed E-state index contributed by atoms with van der Waals surface area (Å²) in [7, 11) is 1.68. The zero-order valence-electron chi connectivity index (χ0n) is 15.1. The Morgan fingerprint density at radius 2 is 1.88 bits per heavy atom. The summed E-state index contributed by atoms with van der Waals surface area (Å²) in [6.07, 6.45) is 8.80. The predicted molar refractivity (Wildman–Crippen MR) is 112 cm³/mol. The molecule has 1 aromatic carbocycles. The number of halogens is 1. The van der Waals surface area contributed by atoms with Crippen molar-refractivity contribution in [1.82, 2.24) is 4.90 Å². The van der Waals surface area contributed by atoms with Crippen molar-refractivity contribution in [1.29, 1.82) is 0 Å². The molecule has 1 saturated heterocycles. The van der Waals surface area contributed by atoms with Gasteiger partial charge in [0.05, 0.1) is 19.8 Å². The summed E-state index contributed by atoms with van der Waals surface area (Å²) >= 11 is 0. The number of nitrogens with zero attached hydrogens (tertiary/aromatic N) is 2. The van der Waals surface area contributed by atoms with Crippen LogP contribution in [0, 0.1) is 0 Å². The predicted octanol–water partition coefficient (Wildman–Crippen LogP) is 3.94. The van der Waals surface area contributed by atoms with Gasteiger partial charge in [0.2, 0.25) is 0 Å². The van der Waals surface area contributed by atoms with Crippen LogP contribution in [0.2, 0.25) is 0 Å². The summed E-state index contributed by atoms with van der Waals surface area (Å²) in [6, 6.07) is 5.97. The highest BCUT2D eigenvalue weighted by Crippen LogP contribution is 2.30. The first kappa shape index (κ1) is 20.1. The molecule has 5 nitrogen and oxygen atoms in total. The van der Waals surface area contributed by atoms with Crippen molar-refractivity contribution < 1.29 is 9.47 Å². The van der Waals surface area contributed by atoms with E-state index in [-0.39, 0.29) is 24.0 Å². The van der Waals surface area contributed by atoms with Crippen LogP contribution < -0.4 is 15.2 Å². The minimum Gasteiger partial charge on any atom is -0.497 e. The summed E-state index contributed by atoms with van der Waals surface area (Å²) in [4.78, 5) is 6.79. The van der Waals surface area contributed by atoms with Gasteiger partial charge in [0.25, 0.3) is 0 Å². The minimum absolute atomic E-state index is 0. The molecule has 1 aromatic rings. The van der Waals surface area contributed by atoms with Crippen molar-refractivity contribution in [3.8, 4) is 11.5 Å². The number of hydrogen-bond acceptors (Lipinski definition) is 3. The normalized spacial score (nSPS) is 18.8.